The highest BCUT2D eigenvalue weighted by atomic mass is 79.9. The lowest BCUT2D eigenvalue weighted by Gasteiger charge is -2.21. The zero-order chi connectivity index (χ0) is 23.0. The van der Waals surface area contributed by atoms with Gasteiger partial charge >= 0.3 is 0 Å². The fourth-order valence-corrected chi connectivity index (χ4v) is 4.58. The standard InChI is InChI=1S/C23H22BrN3O4S/c24-20-9-11-22(12-10-20)32(30,31)27(14-13-18-5-2-1-3-6-18)17-23(29)26-25-16-19-7-4-8-21(28)15-19/h1-12,15-16,28H,13-14,17H2,(H,26,29)/b25-16+. The number of aromatic hydroxyl groups is 1. The highest BCUT2D eigenvalue weighted by molar-refractivity contribution is 9.10. The number of hydrogen-bond donors (Lipinski definition) is 2. The van der Waals surface area contributed by atoms with Crippen LogP contribution in [0.2, 0.25) is 0 Å². The van der Waals surface area contributed by atoms with E-state index in [0.717, 1.165) is 14.3 Å². The van der Waals surface area contributed by atoms with Crippen molar-refractivity contribution in [3.05, 3.63) is 94.5 Å². The maximum Gasteiger partial charge on any atom is 0.255 e. The zero-order valence-corrected chi connectivity index (χ0v) is 19.5. The molecular formula is C23H22BrN3O4S. The monoisotopic (exact) mass is 515 g/mol. The molecule has 7 nitrogen and oxygen atoms in total. The van der Waals surface area contributed by atoms with Crippen LogP contribution >= 0.6 is 15.9 Å². The quantitative estimate of drug-likeness (QED) is 0.336. The van der Waals surface area contributed by atoms with Crippen molar-refractivity contribution in [2.75, 3.05) is 13.1 Å². The second kappa shape index (κ2) is 11.0. The first-order valence-corrected chi connectivity index (χ1v) is 12.0. The Bertz CT molecular complexity index is 1180. The van der Waals surface area contributed by atoms with Crippen LogP contribution in [-0.2, 0) is 21.2 Å². The molecule has 0 radical (unpaired) electrons. The van der Waals surface area contributed by atoms with Crippen LogP contribution in [0.5, 0.6) is 5.75 Å². The van der Waals surface area contributed by atoms with E-state index in [1.807, 2.05) is 30.3 Å². The lowest BCUT2D eigenvalue weighted by molar-refractivity contribution is -0.121. The van der Waals surface area contributed by atoms with Crippen LogP contribution in [0.3, 0.4) is 0 Å². The number of carbonyl (C=O) groups is 1. The van der Waals surface area contributed by atoms with Gasteiger partial charge in [-0.1, -0.05) is 58.4 Å². The van der Waals surface area contributed by atoms with Gasteiger partial charge in [0, 0.05) is 11.0 Å². The fourth-order valence-electron chi connectivity index (χ4n) is 2.92. The third-order valence-electron chi connectivity index (χ3n) is 4.54. The highest BCUT2D eigenvalue weighted by Crippen LogP contribution is 2.19. The van der Waals surface area contributed by atoms with Crippen molar-refractivity contribution in [1.82, 2.24) is 9.73 Å². The number of halogens is 1. The number of nitrogens with one attached hydrogen (secondary N) is 1. The molecule has 0 aromatic heterocycles. The maximum atomic E-state index is 13.2. The number of benzene rings is 3. The summed E-state index contributed by atoms with van der Waals surface area (Å²) in [5.74, 6) is -0.497. The molecule has 3 aromatic carbocycles. The second-order valence-electron chi connectivity index (χ2n) is 6.92. The van der Waals surface area contributed by atoms with Crippen molar-refractivity contribution in [2.45, 2.75) is 11.3 Å². The van der Waals surface area contributed by atoms with Crippen LogP contribution in [-0.4, -0.2) is 43.0 Å². The average molecular weight is 516 g/mol. The molecular weight excluding hydrogens is 494 g/mol. The van der Waals surface area contributed by atoms with Gasteiger partial charge in [0.05, 0.1) is 17.7 Å². The van der Waals surface area contributed by atoms with Crippen LogP contribution in [0.25, 0.3) is 0 Å². The minimum Gasteiger partial charge on any atom is -0.508 e. The number of nitrogens with zero attached hydrogens (tertiary/aromatic N) is 2. The largest absolute Gasteiger partial charge is 0.508 e. The van der Waals surface area contributed by atoms with Crippen molar-refractivity contribution >= 4 is 38.1 Å². The number of rotatable bonds is 9. The SMILES string of the molecule is O=C(CN(CCc1ccccc1)S(=O)(=O)c1ccc(Br)cc1)N/N=C/c1cccc(O)c1. The van der Waals surface area contributed by atoms with Gasteiger partial charge in [0.25, 0.3) is 5.91 Å². The Morgan fingerprint density at radius 2 is 1.75 bits per heavy atom. The van der Waals surface area contributed by atoms with Crippen molar-refractivity contribution in [3.63, 3.8) is 0 Å². The molecule has 0 saturated carbocycles. The minimum atomic E-state index is -3.90. The van der Waals surface area contributed by atoms with Gasteiger partial charge in [0.1, 0.15) is 5.75 Å². The van der Waals surface area contributed by atoms with Crippen LogP contribution < -0.4 is 5.43 Å². The topological polar surface area (TPSA) is 99.1 Å². The van der Waals surface area contributed by atoms with Gasteiger partial charge in [-0.3, -0.25) is 4.79 Å². The summed E-state index contributed by atoms with van der Waals surface area (Å²) in [7, 11) is -3.90. The molecule has 3 aromatic rings. The summed E-state index contributed by atoms with van der Waals surface area (Å²) in [4.78, 5) is 12.6. The predicted octanol–water partition coefficient (Wildman–Crippen LogP) is 3.54. The molecule has 0 aliphatic heterocycles. The number of hydrazone groups is 1. The third-order valence-corrected chi connectivity index (χ3v) is 6.93. The third kappa shape index (κ3) is 6.74. The van der Waals surface area contributed by atoms with E-state index < -0.39 is 15.9 Å². The first kappa shape index (κ1) is 23.6. The molecule has 2 N–H and O–H groups in total. The summed E-state index contributed by atoms with van der Waals surface area (Å²) in [5.41, 5.74) is 3.90. The molecule has 0 fully saturated rings. The summed E-state index contributed by atoms with van der Waals surface area (Å²) in [5, 5.41) is 13.3. The van der Waals surface area contributed by atoms with E-state index in [2.05, 4.69) is 26.5 Å². The lowest BCUT2D eigenvalue weighted by Crippen LogP contribution is -2.40. The van der Waals surface area contributed by atoms with Crippen LogP contribution in [0.1, 0.15) is 11.1 Å². The van der Waals surface area contributed by atoms with Crippen LogP contribution in [0, 0.1) is 0 Å². The van der Waals surface area contributed by atoms with E-state index in [1.54, 1.807) is 24.3 Å². The summed E-state index contributed by atoms with van der Waals surface area (Å²) in [6.45, 7) is -0.255. The molecule has 9 heteroatoms. The molecule has 0 saturated heterocycles. The van der Waals surface area contributed by atoms with Gasteiger partial charge in [-0.15, -0.1) is 0 Å². The second-order valence-corrected chi connectivity index (χ2v) is 9.77. The number of amides is 1. The summed E-state index contributed by atoms with van der Waals surface area (Å²) < 4.78 is 28.3. The highest BCUT2D eigenvalue weighted by Gasteiger charge is 2.26. The normalized spacial score (nSPS) is 11.7. The number of sulfonamides is 1. The first-order chi connectivity index (χ1) is 15.3. The van der Waals surface area contributed by atoms with E-state index in [9.17, 15) is 18.3 Å². The average Bonchev–Trinajstić information content (AvgIpc) is 2.77. The number of phenols is 1. The summed E-state index contributed by atoms with van der Waals surface area (Å²) in [6, 6.07) is 22.1. The number of phenolic OH excluding ortho intramolecular Hbond substituents is 1. The summed E-state index contributed by atoms with van der Waals surface area (Å²) in [6.07, 6.45) is 1.82. The van der Waals surface area contributed by atoms with E-state index in [-0.39, 0.29) is 23.7 Å². The van der Waals surface area contributed by atoms with Crippen molar-refractivity contribution in [1.29, 1.82) is 0 Å². The predicted molar refractivity (Wildman–Crippen MR) is 127 cm³/mol. The Kier molecular flexibility index (Phi) is 8.15. The maximum absolute atomic E-state index is 13.2. The van der Waals surface area contributed by atoms with Crippen LogP contribution in [0.15, 0.2) is 93.3 Å². The van der Waals surface area contributed by atoms with Gasteiger partial charge in [0.2, 0.25) is 10.0 Å². The molecule has 0 unspecified atom stereocenters. The molecule has 32 heavy (non-hydrogen) atoms. The van der Waals surface area contributed by atoms with Gasteiger partial charge in [-0.2, -0.15) is 9.41 Å². The Morgan fingerprint density at radius 3 is 2.44 bits per heavy atom. The van der Waals surface area contributed by atoms with E-state index in [4.69, 9.17) is 0 Å². The van der Waals surface area contributed by atoms with Gasteiger partial charge < -0.3 is 5.11 Å². The molecule has 166 valence electrons. The van der Waals surface area contributed by atoms with E-state index in [1.165, 1.54) is 30.5 Å². The van der Waals surface area contributed by atoms with Crippen molar-refractivity contribution in [2.24, 2.45) is 5.10 Å². The zero-order valence-electron chi connectivity index (χ0n) is 17.1. The Labute approximate surface area is 195 Å². The fraction of sp³-hybridized carbons (Fsp3) is 0.130. The lowest BCUT2D eigenvalue weighted by atomic mass is 10.1. The van der Waals surface area contributed by atoms with Gasteiger partial charge in [0.15, 0.2) is 0 Å². The van der Waals surface area contributed by atoms with Gasteiger partial charge in [-0.05, 0) is 53.9 Å². The number of hydrogen-bond acceptors (Lipinski definition) is 5. The molecule has 0 spiro atoms. The van der Waals surface area contributed by atoms with Gasteiger partial charge in [-0.25, -0.2) is 13.8 Å². The Hall–Kier alpha value is -3.01. The molecule has 3 rings (SSSR count). The van der Waals surface area contributed by atoms with Crippen molar-refractivity contribution in [3.8, 4) is 5.75 Å². The number of carbonyl (C=O) groups excluding carboxylic acids is 1. The Balaban J connectivity index is 1.73. The molecule has 0 atom stereocenters. The summed E-state index contributed by atoms with van der Waals surface area (Å²) >= 11 is 3.30. The van der Waals surface area contributed by atoms with Crippen molar-refractivity contribution < 1.29 is 18.3 Å². The Morgan fingerprint density at radius 1 is 1.03 bits per heavy atom. The molecule has 0 aliphatic rings. The molecule has 1 amide bonds. The van der Waals surface area contributed by atoms with E-state index in [0.29, 0.717) is 12.0 Å². The smallest absolute Gasteiger partial charge is 0.255 e. The first-order valence-electron chi connectivity index (χ1n) is 9.75. The molecule has 0 bridgehead atoms. The molecule has 0 aliphatic carbocycles. The minimum absolute atomic E-state index is 0.0768. The molecule has 0 heterocycles. The van der Waals surface area contributed by atoms with Crippen LogP contribution in [0.4, 0.5) is 0 Å². The van der Waals surface area contributed by atoms with E-state index >= 15 is 0 Å².